The molecule has 1 unspecified atom stereocenters. The van der Waals surface area contributed by atoms with Crippen LogP contribution in [0.4, 0.5) is 0 Å². The van der Waals surface area contributed by atoms with Gasteiger partial charge in [-0.2, -0.15) is 5.10 Å². The zero-order chi connectivity index (χ0) is 15.3. The number of aromatic nitrogens is 2. The van der Waals surface area contributed by atoms with Gasteiger partial charge >= 0.3 is 0 Å². The highest BCUT2D eigenvalue weighted by Gasteiger charge is 2.17. The molecule has 5 heteroatoms. The quantitative estimate of drug-likeness (QED) is 0.797. The van der Waals surface area contributed by atoms with E-state index in [1.54, 1.807) is 0 Å². The summed E-state index contributed by atoms with van der Waals surface area (Å²) in [7, 11) is 0. The minimum Gasteiger partial charge on any atom is -0.394 e. The van der Waals surface area contributed by atoms with Crippen molar-refractivity contribution in [3.63, 3.8) is 0 Å². The Bertz CT molecular complexity index is 448. The zero-order valence-electron chi connectivity index (χ0n) is 13.2. The van der Waals surface area contributed by atoms with E-state index in [1.165, 1.54) is 0 Å². The maximum atomic E-state index is 12.0. The first-order valence-corrected chi connectivity index (χ1v) is 7.32. The van der Waals surface area contributed by atoms with Gasteiger partial charge in [0.1, 0.15) is 0 Å². The largest absolute Gasteiger partial charge is 0.394 e. The molecule has 5 nitrogen and oxygen atoms in total. The van der Waals surface area contributed by atoms with Gasteiger partial charge in [0.15, 0.2) is 0 Å². The lowest BCUT2D eigenvalue weighted by Crippen LogP contribution is -2.38. The Morgan fingerprint density at radius 3 is 2.55 bits per heavy atom. The average Bonchev–Trinajstić information content (AvgIpc) is 2.63. The number of nitrogens with one attached hydrogen (secondary N) is 1. The summed E-state index contributed by atoms with van der Waals surface area (Å²) >= 11 is 0. The molecule has 1 atom stereocenters. The molecule has 1 rings (SSSR count). The van der Waals surface area contributed by atoms with E-state index in [2.05, 4.69) is 24.3 Å². The van der Waals surface area contributed by atoms with Crippen molar-refractivity contribution in [1.29, 1.82) is 0 Å². The number of hydrogen-bond donors (Lipinski definition) is 2. The molecule has 2 N–H and O–H groups in total. The third-order valence-corrected chi connectivity index (χ3v) is 3.49. The number of aliphatic hydroxyl groups excluding tert-OH is 1. The number of nitrogens with zero attached hydrogens (tertiary/aromatic N) is 2. The van der Waals surface area contributed by atoms with E-state index in [-0.39, 0.29) is 18.6 Å². The normalized spacial score (nSPS) is 12.8. The summed E-state index contributed by atoms with van der Waals surface area (Å²) in [5.41, 5.74) is 2.97. The highest BCUT2D eigenvalue weighted by atomic mass is 16.3. The number of amides is 1. The van der Waals surface area contributed by atoms with Crippen molar-refractivity contribution in [2.24, 2.45) is 5.92 Å². The van der Waals surface area contributed by atoms with Gasteiger partial charge in [-0.1, -0.05) is 20.8 Å². The Hall–Kier alpha value is -1.36. The van der Waals surface area contributed by atoms with Gasteiger partial charge in [-0.25, -0.2) is 0 Å². The third-order valence-electron chi connectivity index (χ3n) is 3.49. The molecule has 0 aliphatic heterocycles. The maximum absolute atomic E-state index is 12.0. The molecule has 0 saturated carbocycles. The van der Waals surface area contributed by atoms with E-state index in [0.717, 1.165) is 29.9 Å². The summed E-state index contributed by atoms with van der Waals surface area (Å²) in [6.07, 6.45) is 1.05. The molecule has 114 valence electrons. The first kappa shape index (κ1) is 16.7. The van der Waals surface area contributed by atoms with Gasteiger partial charge in [-0.3, -0.25) is 9.48 Å². The minimum absolute atomic E-state index is 0.0210. The Morgan fingerprint density at radius 1 is 1.40 bits per heavy atom. The molecule has 1 aromatic heterocycles. The van der Waals surface area contributed by atoms with Gasteiger partial charge in [-0.05, 0) is 26.2 Å². The van der Waals surface area contributed by atoms with Crippen molar-refractivity contribution in [1.82, 2.24) is 15.1 Å². The van der Waals surface area contributed by atoms with E-state index in [4.69, 9.17) is 5.11 Å². The Labute approximate surface area is 121 Å². The van der Waals surface area contributed by atoms with Crippen LogP contribution in [0.15, 0.2) is 0 Å². The third kappa shape index (κ3) is 4.34. The first-order valence-electron chi connectivity index (χ1n) is 7.32. The number of aryl methyl sites for hydroxylation is 1. The fraction of sp³-hybridized carbons (Fsp3) is 0.733. The van der Waals surface area contributed by atoms with Crippen molar-refractivity contribution < 1.29 is 9.90 Å². The van der Waals surface area contributed by atoms with Crippen LogP contribution in [0.3, 0.4) is 0 Å². The number of carbonyl (C=O) groups excluding carboxylic acids is 1. The van der Waals surface area contributed by atoms with E-state index in [1.807, 2.05) is 25.5 Å². The second kappa shape index (κ2) is 7.43. The van der Waals surface area contributed by atoms with Gasteiger partial charge in [0.2, 0.25) is 5.91 Å². The Balaban J connectivity index is 2.77. The molecule has 0 saturated heterocycles. The first-order chi connectivity index (χ1) is 9.38. The van der Waals surface area contributed by atoms with Crippen molar-refractivity contribution in [3.05, 3.63) is 17.0 Å². The van der Waals surface area contributed by atoms with Crippen LogP contribution in [0.5, 0.6) is 0 Å². The van der Waals surface area contributed by atoms with Gasteiger partial charge < -0.3 is 10.4 Å². The molecule has 1 heterocycles. The highest BCUT2D eigenvalue weighted by molar-refractivity contribution is 5.79. The summed E-state index contributed by atoms with van der Waals surface area (Å²) < 4.78 is 1.98. The molecular weight excluding hydrogens is 254 g/mol. The van der Waals surface area contributed by atoms with Crippen molar-refractivity contribution >= 4 is 5.91 Å². The molecule has 0 radical (unpaired) electrons. The molecule has 20 heavy (non-hydrogen) atoms. The second-order valence-corrected chi connectivity index (χ2v) is 5.76. The average molecular weight is 281 g/mol. The van der Waals surface area contributed by atoms with Crippen LogP contribution in [0, 0.1) is 19.8 Å². The number of hydrogen-bond acceptors (Lipinski definition) is 3. The zero-order valence-corrected chi connectivity index (χ0v) is 13.2. The predicted octanol–water partition coefficient (Wildman–Crippen LogP) is 1.59. The minimum atomic E-state index is -0.158. The van der Waals surface area contributed by atoms with Crippen LogP contribution in [-0.4, -0.2) is 33.4 Å². The smallest absolute Gasteiger partial charge is 0.224 e. The fourth-order valence-electron chi connectivity index (χ4n) is 2.23. The molecule has 0 aromatic carbocycles. The SMILES string of the molecule is CCC(CO)NC(=O)Cc1c(C)nn(CC(C)C)c1C. The molecule has 1 aromatic rings. The molecule has 1 amide bonds. The topological polar surface area (TPSA) is 67.2 Å². The molecule has 0 bridgehead atoms. The summed E-state index contributed by atoms with van der Waals surface area (Å²) in [5.74, 6) is 0.467. The highest BCUT2D eigenvalue weighted by Crippen LogP contribution is 2.15. The van der Waals surface area contributed by atoms with Crippen molar-refractivity contribution in [3.8, 4) is 0 Å². The van der Waals surface area contributed by atoms with E-state index >= 15 is 0 Å². The number of aliphatic hydroxyl groups is 1. The van der Waals surface area contributed by atoms with E-state index < -0.39 is 0 Å². The molecule has 0 fully saturated rings. The van der Waals surface area contributed by atoms with E-state index in [9.17, 15) is 4.79 Å². The van der Waals surface area contributed by atoms with E-state index in [0.29, 0.717) is 12.3 Å². The summed E-state index contributed by atoms with van der Waals surface area (Å²) in [5, 5.41) is 16.5. The lowest BCUT2D eigenvalue weighted by molar-refractivity contribution is -0.121. The standard InChI is InChI=1S/C15H27N3O2/c1-6-13(9-19)16-15(20)7-14-11(4)17-18(12(14)5)8-10(2)3/h10,13,19H,6-9H2,1-5H3,(H,16,20). The second-order valence-electron chi connectivity index (χ2n) is 5.76. The summed E-state index contributed by atoms with van der Waals surface area (Å²) in [6.45, 7) is 11.0. The summed E-state index contributed by atoms with van der Waals surface area (Å²) in [6, 6.07) is -0.158. The number of carbonyl (C=O) groups is 1. The van der Waals surface area contributed by atoms with Crippen LogP contribution in [0.1, 0.15) is 44.1 Å². The lowest BCUT2D eigenvalue weighted by atomic mass is 10.1. The van der Waals surface area contributed by atoms with Crippen LogP contribution in [-0.2, 0) is 17.8 Å². The van der Waals surface area contributed by atoms with Gasteiger partial charge in [0, 0.05) is 17.8 Å². The number of rotatable bonds is 7. The van der Waals surface area contributed by atoms with Crippen molar-refractivity contribution in [2.75, 3.05) is 6.61 Å². The monoisotopic (exact) mass is 281 g/mol. The molecule has 0 aliphatic carbocycles. The van der Waals surface area contributed by atoms with Crippen molar-refractivity contribution in [2.45, 2.75) is 60.0 Å². The molecular formula is C15H27N3O2. The Kier molecular flexibility index (Phi) is 6.20. The van der Waals surface area contributed by atoms with Gasteiger partial charge in [0.05, 0.1) is 24.8 Å². The molecule has 0 spiro atoms. The lowest BCUT2D eigenvalue weighted by Gasteiger charge is -2.14. The van der Waals surface area contributed by atoms with Gasteiger partial charge in [0.25, 0.3) is 0 Å². The van der Waals surface area contributed by atoms with Crippen LogP contribution in [0.25, 0.3) is 0 Å². The van der Waals surface area contributed by atoms with Crippen LogP contribution < -0.4 is 5.32 Å². The van der Waals surface area contributed by atoms with Crippen LogP contribution in [0.2, 0.25) is 0 Å². The maximum Gasteiger partial charge on any atom is 0.224 e. The summed E-state index contributed by atoms with van der Waals surface area (Å²) in [4.78, 5) is 12.0. The van der Waals surface area contributed by atoms with Gasteiger partial charge in [-0.15, -0.1) is 0 Å². The fourth-order valence-corrected chi connectivity index (χ4v) is 2.23. The predicted molar refractivity (Wildman–Crippen MR) is 79.6 cm³/mol. The molecule has 0 aliphatic rings. The van der Waals surface area contributed by atoms with Crippen LogP contribution >= 0.6 is 0 Å². The Morgan fingerprint density at radius 2 is 2.05 bits per heavy atom.